The van der Waals surface area contributed by atoms with Crippen LogP contribution in [0.25, 0.3) is 0 Å². The third-order valence-electron chi connectivity index (χ3n) is 2.61. The second-order valence-corrected chi connectivity index (χ2v) is 7.16. The molecule has 0 saturated heterocycles. The highest BCUT2D eigenvalue weighted by Crippen LogP contribution is 2.36. The molecule has 1 N–H and O–H groups in total. The van der Waals surface area contributed by atoms with E-state index in [2.05, 4.69) is 20.8 Å². The molecule has 0 aromatic carbocycles. The van der Waals surface area contributed by atoms with Crippen LogP contribution in [0.5, 0.6) is 0 Å². The lowest BCUT2D eigenvalue weighted by molar-refractivity contribution is -0.156. The number of aliphatic hydroxyl groups excluding tert-OH is 1. The number of carbonyl (C=O) groups excluding carboxylic acids is 1. The zero-order valence-corrected chi connectivity index (χ0v) is 12.3. The van der Waals surface area contributed by atoms with Crippen molar-refractivity contribution in [2.45, 2.75) is 61.0 Å². The lowest BCUT2D eigenvalue weighted by Gasteiger charge is -2.33. The molecule has 3 heteroatoms. The Morgan fingerprint density at radius 1 is 1.18 bits per heavy atom. The SMILES string of the molecule is CC(O)COC(=O)C(CC(C)(C)C)C(C)(C)C. The predicted octanol–water partition coefficient (Wildman–Crippen LogP) is 3.01. The summed E-state index contributed by atoms with van der Waals surface area (Å²) in [6.07, 6.45) is 0.184. The van der Waals surface area contributed by atoms with Crippen LogP contribution in [0.3, 0.4) is 0 Å². The molecular formula is C14H28O3. The minimum Gasteiger partial charge on any atom is -0.463 e. The van der Waals surface area contributed by atoms with E-state index in [1.54, 1.807) is 6.92 Å². The normalized spacial score (nSPS) is 16.5. The van der Waals surface area contributed by atoms with Gasteiger partial charge in [0.25, 0.3) is 0 Å². The molecule has 0 aromatic heterocycles. The topological polar surface area (TPSA) is 46.5 Å². The Morgan fingerprint density at radius 2 is 1.65 bits per heavy atom. The summed E-state index contributed by atoms with van der Waals surface area (Å²) in [6.45, 7) is 14.2. The summed E-state index contributed by atoms with van der Waals surface area (Å²) in [5, 5.41) is 9.14. The highest BCUT2D eigenvalue weighted by Gasteiger charge is 2.35. The van der Waals surface area contributed by atoms with E-state index in [0.717, 1.165) is 6.42 Å². The zero-order valence-electron chi connectivity index (χ0n) is 12.3. The Bertz CT molecular complexity index is 243. The summed E-state index contributed by atoms with van der Waals surface area (Å²) in [4.78, 5) is 12.0. The summed E-state index contributed by atoms with van der Waals surface area (Å²) in [5.41, 5.74) is -0.0369. The average molecular weight is 244 g/mol. The van der Waals surface area contributed by atoms with E-state index in [1.165, 1.54) is 0 Å². The molecule has 0 bridgehead atoms. The number of aliphatic hydroxyl groups is 1. The van der Waals surface area contributed by atoms with Crippen molar-refractivity contribution in [3.05, 3.63) is 0 Å². The van der Waals surface area contributed by atoms with Gasteiger partial charge in [0.15, 0.2) is 0 Å². The van der Waals surface area contributed by atoms with E-state index in [-0.39, 0.29) is 29.3 Å². The van der Waals surface area contributed by atoms with E-state index < -0.39 is 6.10 Å². The highest BCUT2D eigenvalue weighted by atomic mass is 16.5. The van der Waals surface area contributed by atoms with Crippen molar-refractivity contribution in [1.29, 1.82) is 0 Å². The van der Waals surface area contributed by atoms with Crippen LogP contribution in [-0.4, -0.2) is 23.8 Å². The molecule has 2 unspecified atom stereocenters. The molecule has 0 amide bonds. The van der Waals surface area contributed by atoms with Gasteiger partial charge in [0.05, 0.1) is 12.0 Å². The van der Waals surface area contributed by atoms with Crippen LogP contribution in [0.4, 0.5) is 0 Å². The average Bonchev–Trinajstić information content (AvgIpc) is 2.07. The molecule has 0 spiro atoms. The minimum atomic E-state index is -0.603. The van der Waals surface area contributed by atoms with Gasteiger partial charge in [-0.15, -0.1) is 0 Å². The Labute approximate surface area is 106 Å². The molecule has 0 aliphatic heterocycles. The van der Waals surface area contributed by atoms with Crippen LogP contribution >= 0.6 is 0 Å². The lowest BCUT2D eigenvalue weighted by Crippen LogP contribution is -2.34. The fraction of sp³-hybridized carbons (Fsp3) is 0.929. The number of hydrogen-bond acceptors (Lipinski definition) is 3. The monoisotopic (exact) mass is 244 g/mol. The molecule has 0 radical (unpaired) electrons. The van der Waals surface area contributed by atoms with Crippen molar-refractivity contribution >= 4 is 5.97 Å². The van der Waals surface area contributed by atoms with Gasteiger partial charge in [-0.1, -0.05) is 41.5 Å². The predicted molar refractivity (Wildman–Crippen MR) is 69.7 cm³/mol. The first kappa shape index (κ1) is 16.4. The molecule has 0 rings (SSSR count). The van der Waals surface area contributed by atoms with Crippen LogP contribution in [0.15, 0.2) is 0 Å². The van der Waals surface area contributed by atoms with Gasteiger partial charge < -0.3 is 9.84 Å². The van der Waals surface area contributed by atoms with Crippen molar-refractivity contribution in [2.24, 2.45) is 16.7 Å². The molecule has 3 nitrogen and oxygen atoms in total. The second kappa shape index (κ2) is 5.85. The van der Waals surface area contributed by atoms with Gasteiger partial charge >= 0.3 is 5.97 Å². The third kappa shape index (κ3) is 7.37. The summed E-state index contributed by atoms with van der Waals surface area (Å²) in [6, 6.07) is 0. The van der Waals surface area contributed by atoms with Gasteiger partial charge in [-0.2, -0.15) is 0 Å². The molecule has 0 aliphatic rings. The van der Waals surface area contributed by atoms with E-state index in [0.29, 0.717) is 0 Å². The van der Waals surface area contributed by atoms with Gasteiger partial charge in [-0.3, -0.25) is 4.79 Å². The second-order valence-electron chi connectivity index (χ2n) is 7.16. The summed E-state index contributed by atoms with van der Waals surface area (Å²) in [7, 11) is 0. The first-order chi connectivity index (χ1) is 7.43. The van der Waals surface area contributed by atoms with Crippen LogP contribution in [0, 0.1) is 16.7 Å². The van der Waals surface area contributed by atoms with Gasteiger partial charge in [-0.05, 0) is 24.2 Å². The molecule has 0 heterocycles. The number of hydrogen-bond donors (Lipinski definition) is 1. The number of ether oxygens (including phenoxy) is 1. The van der Waals surface area contributed by atoms with Crippen LogP contribution in [0.2, 0.25) is 0 Å². The molecule has 0 aliphatic carbocycles. The number of rotatable bonds is 4. The molecule has 0 fully saturated rings. The summed E-state index contributed by atoms with van der Waals surface area (Å²) >= 11 is 0. The maximum atomic E-state index is 12.0. The van der Waals surface area contributed by atoms with Gasteiger partial charge in [0, 0.05) is 0 Å². The molecule has 17 heavy (non-hydrogen) atoms. The number of esters is 1. The summed E-state index contributed by atoms with van der Waals surface area (Å²) in [5.74, 6) is -0.338. The van der Waals surface area contributed by atoms with Crippen molar-refractivity contribution in [3.8, 4) is 0 Å². The quantitative estimate of drug-likeness (QED) is 0.773. The van der Waals surface area contributed by atoms with Gasteiger partial charge in [0.1, 0.15) is 6.61 Å². The molecule has 102 valence electrons. The van der Waals surface area contributed by atoms with Crippen molar-refractivity contribution in [3.63, 3.8) is 0 Å². The van der Waals surface area contributed by atoms with E-state index in [1.807, 2.05) is 20.8 Å². The van der Waals surface area contributed by atoms with Crippen molar-refractivity contribution in [2.75, 3.05) is 6.61 Å². The van der Waals surface area contributed by atoms with E-state index in [4.69, 9.17) is 9.84 Å². The Morgan fingerprint density at radius 3 is 1.94 bits per heavy atom. The fourth-order valence-electron chi connectivity index (χ4n) is 1.66. The Kier molecular flexibility index (Phi) is 5.66. The molecule has 0 aromatic rings. The first-order valence-electron chi connectivity index (χ1n) is 6.28. The molecular weight excluding hydrogens is 216 g/mol. The summed E-state index contributed by atoms with van der Waals surface area (Å²) < 4.78 is 5.15. The van der Waals surface area contributed by atoms with Crippen LogP contribution < -0.4 is 0 Å². The van der Waals surface area contributed by atoms with Crippen molar-refractivity contribution < 1.29 is 14.6 Å². The Balaban J connectivity index is 4.65. The van der Waals surface area contributed by atoms with E-state index >= 15 is 0 Å². The lowest BCUT2D eigenvalue weighted by atomic mass is 9.72. The number of carbonyl (C=O) groups is 1. The standard InChI is InChI=1S/C14H28O3/c1-10(15)9-17-12(16)11(14(5,6)7)8-13(2,3)4/h10-11,15H,8-9H2,1-7H3. The molecule has 0 saturated carbocycles. The van der Waals surface area contributed by atoms with Crippen molar-refractivity contribution in [1.82, 2.24) is 0 Å². The van der Waals surface area contributed by atoms with E-state index in [9.17, 15) is 4.79 Å². The third-order valence-corrected chi connectivity index (χ3v) is 2.61. The Hall–Kier alpha value is -0.570. The maximum Gasteiger partial charge on any atom is 0.309 e. The molecule has 2 atom stereocenters. The largest absolute Gasteiger partial charge is 0.463 e. The van der Waals surface area contributed by atoms with Crippen LogP contribution in [0.1, 0.15) is 54.9 Å². The van der Waals surface area contributed by atoms with Gasteiger partial charge in [-0.25, -0.2) is 0 Å². The zero-order chi connectivity index (χ0) is 13.9. The van der Waals surface area contributed by atoms with Crippen LogP contribution in [-0.2, 0) is 9.53 Å². The highest BCUT2D eigenvalue weighted by molar-refractivity contribution is 5.73. The van der Waals surface area contributed by atoms with Gasteiger partial charge in [0.2, 0.25) is 0 Å². The fourth-order valence-corrected chi connectivity index (χ4v) is 1.66. The minimum absolute atomic E-state index is 0.0789. The maximum absolute atomic E-state index is 12.0. The smallest absolute Gasteiger partial charge is 0.309 e. The first-order valence-corrected chi connectivity index (χ1v) is 6.28.